The van der Waals surface area contributed by atoms with Crippen LogP contribution in [0.2, 0.25) is 0 Å². The fourth-order valence-electron chi connectivity index (χ4n) is 3.30. The lowest BCUT2D eigenvalue weighted by Crippen LogP contribution is -2.49. The van der Waals surface area contributed by atoms with Crippen molar-refractivity contribution in [1.29, 1.82) is 0 Å². The Balaban J connectivity index is 2.31. The summed E-state index contributed by atoms with van der Waals surface area (Å²) < 4.78 is 0.988. The van der Waals surface area contributed by atoms with Gasteiger partial charge in [-0.15, -0.1) is 0 Å². The van der Waals surface area contributed by atoms with Gasteiger partial charge in [-0.2, -0.15) is 0 Å². The van der Waals surface area contributed by atoms with Crippen molar-refractivity contribution in [1.82, 2.24) is 0 Å². The van der Waals surface area contributed by atoms with Crippen molar-refractivity contribution >= 4 is 27.6 Å². The number of hydrogen-bond acceptors (Lipinski definition) is 2. The van der Waals surface area contributed by atoms with Gasteiger partial charge in [-0.25, -0.2) is 4.79 Å². The maximum absolute atomic E-state index is 11.8. The van der Waals surface area contributed by atoms with Crippen LogP contribution in [-0.4, -0.2) is 16.6 Å². The minimum absolute atomic E-state index is 0.0557. The fraction of sp³-hybridized carbons (Fsp3) is 0.533. The predicted molar refractivity (Wildman–Crippen MR) is 80.3 cm³/mol. The van der Waals surface area contributed by atoms with Crippen LogP contribution in [0.1, 0.15) is 33.6 Å². The predicted octanol–water partition coefficient (Wildman–Crippen LogP) is 4.14. The Morgan fingerprint density at radius 2 is 1.95 bits per heavy atom. The van der Waals surface area contributed by atoms with E-state index in [1.165, 1.54) is 0 Å². The minimum atomic E-state index is -0.864. The fourth-order valence-corrected chi connectivity index (χ4v) is 3.57. The first kappa shape index (κ1) is 14.4. The molecule has 1 aromatic rings. The molecule has 0 heterocycles. The number of halogens is 1. The van der Waals surface area contributed by atoms with E-state index in [0.29, 0.717) is 6.42 Å². The number of carboxylic acids is 1. The average Bonchev–Trinajstić information content (AvgIpc) is 2.53. The summed E-state index contributed by atoms with van der Waals surface area (Å²) >= 11 is 3.39. The Morgan fingerprint density at radius 3 is 2.37 bits per heavy atom. The van der Waals surface area contributed by atoms with Crippen LogP contribution in [0.25, 0.3) is 0 Å². The van der Waals surface area contributed by atoms with Crippen LogP contribution < -0.4 is 5.32 Å². The number of anilines is 1. The molecule has 0 aromatic heterocycles. The highest BCUT2D eigenvalue weighted by atomic mass is 79.9. The van der Waals surface area contributed by atoms with E-state index in [1.807, 2.05) is 31.2 Å². The van der Waals surface area contributed by atoms with Gasteiger partial charge in [0.2, 0.25) is 0 Å². The van der Waals surface area contributed by atoms with Gasteiger partial charge in [-0.1, -0.05) is 36.7 Å². The maximum Gasteiger partial charge on any atom is 0.329 e. The Bertz CT molecular complexity index is 483. The lowest BCUT2D eigenvalue weighted by Gasteiger charge is -2.32. The summed E-state index contributed by atoms with van der Waals surface area (Å²) in [5, 5.41) is 13.0. The smallest absolute Gasteiger partial charge is 0.329 e. The topological polar surface area (TPSA) is 49.3 Å². The number of carbonyl (C=O) groups is 1. The van der Waals surface area contributed by atoms with Crippen molar-refractivity contribution in [3.05, 3.63) is 28.7 Å². The Hall–Kier alpha value is -1.03. The van der Waals surface area contributed by atoms with Crippen molar-refractivity contribution in [2.75, 3.05) is 5.32 Å². The molecule has 0 bridgehead atoms. The molecule has 104 valence electrons. The first-order valence-electron chi connectivity index (χ1n) is 6.52. The van der Waals surface area contributed by atoms with Crippen molar-refractivity contribution in [3.63, 3.8) is 0 Å². The van der Waals surface area contributed by atoms with Crippen molar-refractivity contribution < 1.29 is 9.90 Å². The van der Waals surface area contributed by atoms with Gasteiger partial charge in [-0.3, -0.25) is 0 Å². The standard InChI is InChI=1S/C15H20BrNO2/c1-10-8-14(2,3)9-15(10,13(18)19)17-12-6-4-11(16)5-7-12/h4-7,10,17H,8-9H2,1-3H3,(H,18,19). The van der Waals surface area contributed by atoms with Crippen molar-refractivity contribution in [3.8, 4) is 0 Å². The number of rotatable bonds is 3. The second kappa shape index (κ2) is 4.82. The number of nitrogens with one attached hydrogen (secondary N) is 1. The molecule has 1 aliphatic rings. The summed E-state index contributed by atoms with van der Waals surface area (Å²) in [6.07, 6.45) is 1.56. The summed E-state index contributed by atoms with van der Waals surface area (Å²) in [6.45, 7) is 6.30. The molecular formula is C15H20BrNO2. The molecular weight excluding hydrogens is 306 g/mol. The molecule has 0 spiro atoms. The normalized spacial score (nSPS) is 29.2. The van der Waals surface area contributed by atoms with E-state index in [4.69, 9.17) is 0 Å². The first-order chi connectivity index (χ1) is 8.75. The second-order valence-corrected chi connectivity index (χ2v) is 7.27. The molecule has 1 aliphatic carbocycles. The third kappa shape index (κ3) is 2.78. The summed E-state index contributed by atoms with van der Waals surface area (Å²) in [7, 11) is 0. The number of hydrogen-bond donors (Lipinski definition) is 2. The summed E-state index contributed by atoms with van der Waals surface area (Å²) in [5.74, 6) is -0.655. The van der Waals surface area contributed by atoms with Crippen molar-refractivity contribution in [2.24, 2.45) is 11.3 Å². The Labute approximate surface area is 122 Å². The first-order valence-corrected chi connectivity index (χ1v) is 7.32. The molecule has 3 nitrogen and oxygen atoms in total. The van der Waals surface area contributed by atoms with E-state index < -0.39 is 11.5 Å². The van der Waals surface area contributed by atoms with E-state index in [0.717, 1.165) is 16.6 Å². The molecule has 4 heteroatoms. The lowest BCUT2D eigenvalue weighted by molar-refractivity contribution is -0.143. The van der Waals surface area contributed by atoms with E-state index >= 15 is 0 Å². The van der Waals surface area contributed by atoms with E-state index in [-0.39, 0.29) is 11.3 Å². The van der Waals surface area contributed by atoms with E-state index in [1.54, 1.807) is 0 Å². The molecule has 1 aromatic carbocycles. The summed E-state index contributed by atoms with van der Waals surface area (Å²) in [4.78, 5) is 11.8. The van der Waals surface area contributed by atoms with E-state index in [2.05, 4.69) is 35.1 Å². The van der Waals surface area contributed by atoms with Gasteiger partial charge in [-0.05, 0) is 48.4 Å². The van der Waals surface area contributed by atoms with Gasteiger partial charge in [0, 0.05) is 10.2 Å². The molecule has 0 aliphatic heterocycles. The van der Waals surface area contributed by atoms with Gasteiger partial charge in [0.25, 0.3) is 0 Å². The highest BCUT2D eigenvalue weighted by Gasteiger charge is 2.53. The zero-order valence-electron chi connectivity index (χ0n) is 11.5. The van der Waals surface area contributed by atoms with Gasteiger partial charge in [0.05, 0.1) is 0 Å². The van der Waals surface area contributed by atoms with Gasteiger partial charge in [0.1, 0.15) is 5.54 Å². The second-order valence-electron chi connectivity index (χ2n) is 6.35. The lowest BCUT2D eigenvalue weighted by atomic mass is 9.86. The molecule has 2 N–H and O–H groups in total. The molecule has 0 amide bonds. The number of carboxylic acid groups (broad SMARTS) is 1. The third-order valence-corrected chi connectivity index (χ3v) is 4.58. The van der Waals surface area contributed by atoms with Gasteiger partial charge < -0.3 is 10.4 Å². The van der Waals surface area contributed by atoms with Crippen LogP contribution in [0.15, 0.2) is 28.7 Å². The van der Waals surface area contributed by atoms with Crippen LogP contribution >= 0.6 is 15.9 Å². The van der Waals surface area contributed by atoms with Crippen LogP contribution in [0.5, 0.6) is 0 Å². The summed E-state index contributed by atoms with van der Waals surface area (Å²) in [5.41, 5.74) is 0.0486. The number of benzene rings is 1. The minimum Gasteiger partial charge on any atom is -0.479 e. The molecule has 2 unspecified atom stereocenters. The Morgan fingerprint density at radius 1 is 1.37 bits per heavy atom. The van der Waals surface area contributed by atoms with Crippen LogP contribution in [0.4, 0.5) is 5.69 Å². The highest BCUT2D eigenvalue weighted by molar-refractivity contribution is 9.10. The molecule has 2 rings (SSSR count). The molecule has 0 saturated heterocycles. The van der Waals surface area contributed by atoms with Crippen LogP contribution in [-0.2, 0) is 4.79 Å². The van der Waals surface area contributed by atoms with E-state index in [9.17, 15) is 9.90 Å². The van der Waals surface area contributed by atoms with Crippen LogP contribution in [0.3, 0.4) is 0 Å². The zero-order valence-corrected chi connectivity index (χ0v) is 13.1. The molecule has 19 heavy (non-hydrogen) atoms. The van der Waals surface area contributed by atoms with Gasteiger partial charge >= 0.3 is 5.97 Å². The monoisotopic (exact) mass is 325 g/mol. The summed E-state index contributed by atoms with van der Waals surface area (Å²) in [6, 6.07) is 7.66. The highest BCUT2D eigenvalue weighted by Crippen LogP contribution is 2.49. The molecule has 1 saturated carbocycles. The van der Waals surface area contributed by atoms with Crippen LogP contribution in [0, 0.1) is 11.3 Å². The Kier molecular flexibility index (Phi) is 3.65. The van der Waals surface area contributed by atoms with Gasteiger partial charge in [0.15, 0.2) is 0 Å². The molecule has 0 radical (unpaired) electrons. The average molecular weight is 326 g/mol. The number of aliphatic carboxylic acids is 1. The molecule has 2 atom stereocenters. The SMILES string of the molecule is CC1CC(C)(C)CC1(Nc1ccc(Br)cc1)C(=O)O. The third-order valence-electron chi connectivity index (χ3n) is 4.05. The molecule has 1 fully saturated rings. The quantitative estimate of drug-likeness (QED) is 0.878. The largest absolute Gasteiger partial charge is 0.479 e. The zero-order chi connectivity index (χ0) is 14.3. The maximum atomic E-state index is 11.8. The van der Waals surface area contributed by atoms with Crippen molar-refractivity contribution in [2.45, 2.75) is 39.2 Å².